The van der Waals surface area contributed by atoms with Crippen molar-refractivity contribution in [2.45, 2.75) is 51.1 Å². The number of nitrogens with zero attached hydrogens (tertiary/aromatic N) is 4. The van der Waals surface area contributed by atoms with Gasteiger partial charge in [0.25, 0.3) is 5.91 Å². The van der Waals surface area contributed by atoms with Crippen molar-refractivity contribution in [3.8, 4) is 6.07 Å². The number of nitrogens with one attached hydrogen (secondary N) is 1. The van der Waals surface area contributed by atoms with E-state index in [2.05, 4.69) is 45.9 Å². The molecule has 1 aliphatic carbocycles. The van der Waals surface area contributed by atoms with E-state index in [0.29, 0.717) is 23.8 Å². The highest BCUT2D eigenvalue weighted by Crippen LogP contribution is 2.45. The van der Waals surface area contributed by atoms with Gasteiger partial charge in [-0.15, -0.1) is 11.3 Å². The molecule has 7 heteroatoms. The zero-order chi connectivity index (χ0) is 22.0. The third-order valence-corrected chi connectivity index (χ3v) is 7.64. The number of benzene rings is 1. The number of para-hydroxylation sites is 1. The van der Waals surface area contributed by atoms with Crippen LogP contribution in [0.15, 0.2) is 54.0 Å². The number of carbonyl (C=O) groups excluding carboxylic acids is 1. The number of thiazole rings is 1. The molecule has 0 radical (unpaired) electrons. The molecule has 1 aliphatic heterocycles. The first-order valence-electron chi connectivity index (χ1n) is 11.3. The summed E-state index contributed by atoms with van der Waals surface area (Å²) in [6, 6.07) is 16.8. The van der Waals surface area contributed by atoms with Crippen LogP contribution >= 0.6 is 11.3 Å². The summed E-state index contributed by atoms with van der Waals surface area (Å²) in [5.74, 6) is -0.145. The Labute approximate surface area is 192 Å². The molecule has 32 heavy (non-hydrogen) atoms. The fourth-order valence-electron chi connectivity index (χ4n) is 5.02. The van der Waals surface area contributed by atoms with E-state index in [9.17, 15) is 10.1 Å². The van der Waals surface area contributed by atoms with Gasteiger partial charge in [0.05, 0.1) is 17.8 Å². The van der Waals surface area contributed by atoms with Gasteiger partial charge >= 0.3 is 0 Å². The van der Waals surface area contributed by atoms with Crippen molar-refractivity contribution in [1.82, 2.24) is 9.55 Å². The third kappa shape index (κ3) is 4.03. The molecule has 2 fully saturated rings. The number of nitriles is 1. The first-order chi connectivity index (χ1) is 15.7. The molecule has 1 saturated heterocycles. The van der Waals surface area contributed by atoms with E-state index in [1.54, 1.807) is 0 Å². The largest absolute Gasteiger partial charge is 0.363 e. The van der Waals surface area contributed by atoms with Gasteiger partial charge in [-0.2, -0.15) is 5.26 Å². The summed E-state index contributed by atoms with van der Waals surface area (Å²) in [6.07, 6.45) is 7.95. The second kappa shape index (κ2) is 8.79. The Kier molecular flexibility index (Phi) is 5.71. The van der Waals surface area contributed by atoms with Crippen LogP contribution in [0.25, 0.3) is 0 Å². The Hall–Kier alpha value is -3.11. The van der Waals surface area contributed by atoms with Crippen LogP contribution in [0.2, 0.25) is 0 Å². The Bertz CT molecular complexity index is 1120. The molecule has 1 saturated carbocycles. The molecule has 0 unspecified atom stereocenters. The highest BCUT2D eigenvalue weighted by atomic mass is 32.1. The Morgan fingerprint density at radius 2 is 2.06 bits per heavy atom. The number of amides is 1. The van der Waals surface area contributed by atoms with Gasteiger partial charge in [-0.1, -0.05) is 24.6 Å². The quantitative estimate of drug-likeness (QED) is 0.512. The molecule has 2 aliphatic rings. The number of anilines is 2. The number of aromatic nitrogens is 2. The van der Waals surface area contributed by atoms with Crippen LogP contribution in [0, 0.1) is 16.7 Å². The maximum Gasteiger partial charge on any atom is 0.274 e. The van der Waals surface area contributed by atoms with Crippen molar-refractivity contribution in [2.24, 2.45) is 5.41 Å². The van der Waals surface area contributed by atoms with Gasteiger partial charge in [0, 0.05) is 42.2 Å². The number of rotatable bonds is 7. The smallest absolute Gasteiger partial charge is 0.274 e. The molecule has 1 N–H and O–H groups in total. The van der Waals surface area contributed by atoms with E-state index in [-0.39, 0.29) is 17.4 Å². The molecule has 1 atom stereocenters. The van der Waals surface area contributed by atoms with Crippen molar-refractivity contribution in [3.05, 3.63) is 65.4 Å². The van der Waals surface area contributed by atoms with Crippen LogP contribution in [0.4, 0.5) is 10.8 Å². The molecule has 1 aromatic carbocycles. The fraction of sp³-hybridized carbons (Fsp3) is 0.400. The van der Waals surface area contributed by atoms with Gasteiger partial charge in [0.15, 0.2) is 5.13 Å². The molecule has 5 rings (SSSR count). The summed E-state index contributed by atoms with van der Waals surface area (Å²) in [7, 11) is 0. The number of hydrogen-bond acceptors (Lipinski definition) is 5. The number of hydrogen-bond donors (Lipinski definition) is 1. The van der Waals surface area contributed by atoms with Gasteiger partial charge in [0.1, 0.15) is 5.69 Å². The first-order valence-corrected chi connectivity index (χ1v) is 12.2. The van der Waals surface area contributed by atoms with E-state index < -0.39 is 0 Å². The molecule has 6 nitrogen and oxygen atoms in total. The Morgan fingerprint density at radius 1 is 1.22 bits per heavy atom. The van der Waals surface area contributed by atoms with Crippen LogP contribution < -0.4 is 10.2 Å². The van der Waals surface area contributed by atoms with E-state index in [0.717, 1.165) is 44.3 Å². The summed E-state index contributed by atoms with van der Waals surface area (Å²) in [5, 5.41) is 14.9. The van der Waals surface area contributed by atoms with Crippen LogP contribution in [0.3, 0.4) is 0 Å². The molecule has 3 heterocycles. The van der Waals surface area contributed by atoms with E-state index in [1.165, 1.54) is 17.0 Å². The Morgan fingerprint density at radius 3 is 2.81 bits per heavy atom. The molecule has 0 bridgehead atoms. The molecule has 0 spiro atoms. The highest BCUT2D eigenvalue weighted by Gasteiger charge is 2.37. The second-order valence-electron chi connectivity index (χ2n) is 8.93. The van der Waals surface area contributed by atoms with E-state index in [4.69, 9.17) is 4.98 Å². The molecule has 2 aromatic heterocycles. The first kappa shape index (κ1) is 20.8. The average Bonchev–Trinajstić information content (AvgIpc) is 3.53. The summed E-state index contributed by atoms with van der Waals surface area (Å²) in [6.45, 7) is 1.74. The van der Waals surface area contributed by atoms with Crippen LogP contribution in [0.1, 0.15) is 60.7 Å². The highest BCUT2D eigenvalue weighted by molar-refractivity contribution is 7.14. The van der Waals surface area contributed by atoms with Gasteiger partial charge < -0.3 is 9.47 Å². The van der Waals surface area contributed by atoms with Gasteiger partial charge in [-0.25, -0.2) is 4.98 Å². The normalized spacial score (nSPS) is 19.3. The van der Waals surface area contributed by atoms with Crippen molar-refractivity contribution in [1.29, 1.82) is 5.26 Å². The summed E-state index contributed by atoms with van der Waals surface area (Å²) >= 11 is 1.48. The van der Waals surface area contributed by atoms with Crippen molar-refractivity contribution < 1.29 is 4.79 Å². The zero-order valence-corrected chi connectivity index (χ0v) is 18.9. The lowest BCUT2D eigenvalue weighted by Crippen LogP contribution is -2.34. The van der Waals surface area contributed by atoms with Crippen molar-refractivity contribution in [3.63, 3.8) is 0 Å². The van der Waals surface area contributed by atoms with Gasteiger partial charge in [-0.3, -0.25) is 10.1 Å². The van der Waals surface area contributed by atoms with E-state index >= 15 is 0 Å². The summed E-state index contributed by atoms with van der Waals surface area (Å²) in [5.41, 5.74) is 2.87. The lowest BCUT2D eigenvalue weighted by atomic mass is 9.67. The van der Waals surface area contributed by atoms with Gasteiger partial charge in [-0.05, 0) is 49.9 Å². The van der Waals surface area contributed by atoms with E-state index in [1.807, 2.05) is 29.0 Å². The predicted molar refractivity (Wildman–Crippen MR) is 127 cm³/mol. The monoisotopic (exact) mass is 445 g/mol. The zero-order valence-electron chi connectivity index (χ0n) is 18.0. The maximum atomic E-state index is 13.0. The minimum atomic E-state index is -0.145. The third-order valence-electron chi connectivity index (χ3n) is 6.86. The topological polar surface area (TPSA) is 74.0 Å². The van der Waals surface area contributed by atoms with Crippen molar-refractivity contribution >= 4 is 28.1 Å². The van der Waals surface area contributed by atoms with Gasteiger partial charge in [0.2, 0.25) is 0 Å². The SMILES string of the molecule is N#CCC1(Cn2cccc2C(=O)Nc2nc([C@H]3CCCN3c3ccccc3)cs2)CCC1. The van der Waals surface area contributed by atoms with Crippen LogP contribution in [-0.2, 0) is 6.54 Å². The number of carbonyl (C=O) groups is 1. The minimum absolute atomic E-state index is 0.0144. The summed E-state index contributed by atoms with van der Waals surface area (Å²) < 4.78 is 1.99. The average molecular weight is 446 g/mol. The van der Waals surface area contributed by atoms with Crippen LogP contribution in [0.5, 0.6) is 0 Å². The van der Waals surface area contributed by atoms with Crippen molar-refractivity contribution in [2.75, 3.05) is 16.8 Å². The maximum absolute atomic E-state index is 13.0. The standard InChI is InChI=1S/C25H27N5OS/c26-14-13-25(11-6-12-25)18-29-15-4-10-22(29)23(31)28-24-27-20(17-32-24)21-9-5-16-30(21)19-7-2-1-3-8-19/h1-4,7-8,10,15,17,21H,5-6,9,11-13,16,18H2,(H,27,28,31)/t21-/m1/s1. The minimum Gasteiger partial charge on any atom is -0.363 e. The molecule has 3 aromatic rings. The molecule has 164 valence electrons. The fourth-order valence-corrected chi connectivity index (χ4v) is 5.77. The Balaban J connectivity index is 1.28. The second-order valence-corrected chi connectivity index (χ2v) is 9.79. The molecular formula is C25H27N5OS. The lowest BCUT2D eigenvalue weighted by Gasteiger charge is -2.40. The van der Waals surface area contributed by atoms with Crippen LogP contribution in [-0.4, -0.2) is 22.0 Å². The lowest BCUT2D eigenvalue weighted by molar-refractivity contribution is 0.0972. The molecular weight excluding hydrogens is 418 g/mol. The summed E-state index contributed by atoms with van der Waals surface area (Å²) in [4.78, 5) is 20.2. The molecule has 1 amide bonds. The predicted octanol–water partition coefficient (Wildman–Crippen LogP) is 5.62.